The number of rotatable bonds is 1. The number of aromatic nitrogens is 2. The summed E-state index contributed by atoms with van der Waals surface area (Å²) in [6.45, 7) is 0. The molecule has 0 N–H and O–H groups in total. The van der Waals surface area contributed by atoms with Crippen molar-refractivity contribution in [2.45, 2.75) is 8.13 Å². The molecule has 1 rings (SSSR count). The topological polar surface area (TPSA) is 59.9 Å². The van der Waals surface area contributed by atoms with E-state index in [0.717, 1.165) is 17.6 Å². The minimum absolute atomic E-state index is 0.0397. The molecule has 0 atom stereocenters. The summed E-state index contributed by atoms with van der Waals surface area (Å²) >= 11 is 17.1. The zero-order chi connectivity index (χ0) is 10.3. The van der Waals surface area contributed by atoms with Crippen molar-refractivity contribution in [3.8, 4) is 0 Å². The molecule has 1 aromatic rings. The highest BCUT2D eigenvalue weighted by Crippen LogP contribution is 2.40. The minimum Gasteiger partial charge on any atom is -0.221 e. The molecule has 1 aromatic heterocycles. The molecule has 0 amide bonds. The van der Waals surface area contributed by atoms with E-state index in [4.69, 9.17) is 34.8 Å². The van der Waals surface area contributed by atoms with E-state index >= 15 is 0 Å². The second-order valence-corrected chi connectivity index (χ2v) is 7.59. The first-order chi connectivity index (χ1) is 5.71. The summed E-state index contributed by atoms with van der Waals surface area (Å²) in [4.78, 5) is 0. The first kappa shape index (κ1) is 11.5. The lowest BCUT2D eigenvalue weighted by molar-refractivity contribution is 0.600. The predicted octanol–water partition coefficient (Wildman–Crippen LogP) is 1.77. The fourth-order valence-corrected chi connectivity index (χ4v) is 2.41. The van der Waals surface area contributed by atoms with Gasteiger partial charge in [-0.1, -0.05) is 46.1 Å². The van der Waals surface area contributed by atoms with Gasteiger partial charge in [0.15, 0.2) is 5.01 Å². The molecule has 0 aliphatic rings. The molecule has 0 aliphatic carbocycles. The summed E-state index contributed by atoms with van der Waals surface area (Å²) in [6, 6.07) is 0. The van der Waals surface area contributed by atoms with E-state index in [1.165, 1.54) is 0 Å². The largest absolute Gasteiger partial charge is 0.243 e. The lowest BCUT2D eigenvalue weighted by atomic mass is 10.8. The maximum absolute atomic E-state index is 11.0. The van der Waals surface area contributed by atoms with Crippen molar-refractivity contribution in [3.63, 3.8) is 0 Å². The maximum Gasteiger partial charge on any atom is 0.243 e. The quantitative estimate of drug-likeness (QED) is 0.736. The monoisotopic (exact) mass is 280 g/mol. The fourth-order valence-electron chi connectivity index (χ4n) is 0.474. The Balaban J connectivity index is 3.16. The van der Waals surface area contributed by atoms with Crippen LogP contribution in [0.5, 0.6) is 0 Å². The van der Waals surface area contributed by atoms with Crippen molar-refractivity contribution in [1.29, 1.82) is 0 Å². The smallest absolute Gasteiger partial charge is 0.221 e. The SMILES string of the molecule is CS(=O)(=O)c1nnc(C(Cl)(Cl)Cl)s1. The Morgan fingerprint density at radius 1 is 1.31 bits per heavy atom. The average Bonchev–Trinajstić information content (AvgIpc) is 2.28. The van der Waals surface area contributed by atoms with Crippen LogP contribution in [-0.4, -0.2) is 24.9 Å². The average molecular weight is 282 g/mol. The molecule has 0 aromatic carbocycles. The molecule has 0 aliphatic heterocycles. The first-order valence-corrected chi connectivity index (χ1v) is 6.66. The van der Waals surface area contributed by atoms with Crippen LogP contribution in [0.2, 0.25) is 0 Å². The van der Waals surface area contributed by atoms with Gasteiger partial charge in [0.1, 0.15) is 0 Å². The number of alkyl halides is 3. The molecule has 0 saturated carbocycles. The van der Waals surface area contributed by atoms with E-state index in [2.05, 4.69) is 10.2 Å². The van der Waals surface area contributed by atoms with Gasteiger partial charge in [-0.3, -0.25) is 0 Å². The third-order valence-corrected chi connectivity index (χ3v) is 4.55. The summed E-state index contributed by atoms with van der Waals surface area (Å²) in [6.07, 6.45) is 1.01. The highest BCUT2D eigenvalue weighted by Gasteiger charge is 2.29. The van der Waals surface area contributed by atoms with Gasteiger partial charge >= 0.3 is 0 Å². The van der Waals surface area contributed by atoms with Gasteiger partial charge < -0.3 is 0 Å². The van der Waals surface area contributed by atoms with Crippen molar-refractivity contribution in [3.05, 3.63) is 5.01 Å². The zero-order valence-corrected chi connectivity index (χ0v) is 10.1. The maximum atomic E-state index is 11.0. The Labute approximate surface area is 93.7 Å². The van der Waals surface area contributed by atoms with Gasteiger partial charge in [0.05, 0.1) is 0 Å². The Morgan fingerprint density at radius 2 is 1.85 bits per heavy atom. The predicted molar refractivity (Wildman–Crippen MR) is 52.3 cm³/mol. The van der Waals surface area contributed by atoms with E-state index < -0.39 is 13.6 Å². The van der Waals surface area contributed by atoms with Gasteiger partial charge in [-0.15, -0.1) is 10.2 Å². The lowest BCUT2D eigenvalue weighted by Crippen LogP contribution is -1.98. The normalized spacial score (nSPS) is 13.2. The molecule has 0 bridgehead atoms. The van der Waals surface area contributed by atoms with E-state index in [9.17, 15) is 8.42 Å². The summed E-state index contributed by atoms with van der Waals surface area (Å²) in [5.74, 6) is 0. The van der Waals surface area contributed by atoms with Crippen molar-refractivity contribution in [2.75, 3.05) is 6.26 Å². The molecule has 0 unspecified atom stereocenters. The molecule has 9 heteroatoms. The second kappa shape index (κ2) is 3.51. The standard InChI is InChI=1S/C4H3Cl3N2O2S2/c1-13(10,11)3-9-8-2(12-3)4(5,6)7/h1H3. The number of hydrogen-bond donors (Lipinski definition) is 0. The third-order valence-electron chi connectivity index (χ3n) is 0.966. The second-order valence-electron chi connectivity index (χ2n) is 2.14. The van der Waals surface area contributed by atoms with Crippen LogP contribution in [0.25, 0.3) is 0 Å². The van der Waals surface area contributed by atoms with E-state index in [-0.39, 0.29) is 9.35 Å². The number of nitrogens with zero attached hydrogens (tertiary/aromatic N) is 2. The van der Waals surface area contributed by atoms with Crippen molar-refractivity contribution in [2.24, 2.45) is 0 Å². The van der Waals surface area contributed by atoms with Crippen molar-refractivity contribution < 1.29 is 8.42 Å². The summed E-state index contributed by atoms with van der Waals surface area (Å²) < 4.78 is 20.0. The van der Waals surface area contributed by atoms with Gasteiger partial charge in [-0.2, -0.15) is 0 Å². The van der Waals surface area contributed by atoms with Gasteiger partial charge in [-0.25, -0.2) is 8.42 Å². The highest BCUT2D eigenvalue weighted by molar-refractivity contribution is 7.92. The number of halogens is 3. The Morgan fingerprint density at radius 3 is 2.08 bits per heavy atom. The summed E-state index contributed by atoms with van der Waals surface area (Å²) in [5.41, 5.74) is 0. The molecule has 0 saturated heterocycles. The van der Waals surface area contributed by atoms with Crippen LogP contribution in [-0.2, 0) is 13.6 Å². The third kappa shape index (κ3) is 2.92. The molecule has 4 nitrogen and oxygen atoms in total. The summed E-state index contributed by atoms with van der Waals surface area (Å²) in [5, 5.41) is 6.87. The Kier molecular flexibility index (Phi) is 3.09. The van der Waals surface area contributed by atoms with Crippen LogP contribution in [0.15, 0.2) is 4.34 Å². The van der Waals surface area contributed by atoms with Crippen LogP contribution in [0, 0.1) is 0 Å². The Hall–Kier alpha value is 0.380. The van der Waals surface area contributed by atoms with E-state index in [1.54, 1.807) is 0 Å². The molecule has 0 radical (unpaired) electrons. The molecule has 74 valence electrons. The van der Waals surface area contributed by atoms with Gasteiger partial charge in [0.2, 0.25) is 18.0 Å². The molecule has 1 heterocycles. The first-order valence-electron chi connectivity index (χ1n) is 2.82. The van der Waals surface area contributed by atoms with E-state index in [0.29, 0.717) is 0 Å². The van der Waals surface area contributed by atoms with Crippen LogP contribution >= 0.6 is 46.1 Å². The number of hydrogen-bond acceptors (Lipinski definition) is 5. The minimum atomic E-state index is -3.37. The molecular weight excluding hydrogens is 279 g/mol. The van der Waals surface area contributed by atoms with E-state index in [1.807, 2.05) is 0 Å². The van der Waals surface area contributed by atoms with Gasteiger partial charge in [0.25, 0.3) is 0 Å². The molecule has 13 heavy (non-hydrogen) atoms. The molecule has 0 fully saturated rings. The van der Waals surface area contributed by atoms with Crippen molar-refractivity contribution >= 4 is 56.0 Å². The van der Waals surface area contributed by atoms with Gasteiger partial charge in [0, 0.05) is 6.26 Å². The molecular formula is C4H3Cl3N2O2S2. The van der Waals surface area contributed by atoms with Crippen molar-refractivity contribution in [1.82, 2.24) is 10.2 Å². The Bertz CT molecular complexity index is 407. The van der Waals surface area contributed by atoms with Crippen LogP contribution in [0.3, 0.4) is 0 Å². The highest BCUT2D eigenvalue weighted by atomic mass is 35.6. The summed E-state index contributed by atoms with van der Waals surface area (Å²) in [7, 11) is -3.37. The lowest BCUT2D eigenvalue weighted by Gasteiger charge is -2.02. The number of sulfone groups is 1. The molecule has 0 spiro atoms. The fraction of sp³-hybridized carbons (Fsp3) is 0.500. The van der Waals surface area contributed by atoms with Gasteiger partial charge in [-0.05, 0) is 0 Å². The van der Waals surface area contributed by atoms with Crippen LogP contribution in [0.4, 0.5) is 0 Å². The zero-order valence-electron chi connectivity index (χ0n) is 6.16. The van der Waals surface area contributed by atoms with Crippen LogP contribution in [0.1, 0.15) is 5.01 Å². The van der Waals surface area contributed by atoms with Crippen LogP contribution < -0.4 is 0 Å².